The highest BCUT2D eigenvalue weighted by molar-refractivity contribution is 6.00. The molecule has 0 unspecified atom stereocenters. The smallest absolute Gasteiger partial charge is 0.417 e. The van der Waals surface area contributed by atoms with E-state index in [2.05, 4.69) is 0 Å². The summed E-state index contributed by atoms with van der Waals surface area (Å²) in [5, 5.41) is 0. The maximum absolute atomic E-state index is 12.2. The molecule has 0 aromatic heterocycles. The van der Waals surface area contributed by atoms with Crippen molar-refractivity contribution in [3.05, 3.63) is 48.0 Å². The summed E-state index contributed by atoms with van der Waals surface area (Å²) in [6.45, 7) is 6.19. The number of nitrogens with zero attached hydrogens (tertiary/aromatic N) is 1. The minimum Gasteiger partial charge on any atom is -0.446 e. The van der Waals surface area contributed by atoms with Crippen molar-refractivity contribution < 1.29 is 14.3 Å². The number of ether oxygens (including phenoxy) is 1. The van der Waals surface area contributed by atoms with Crippen molar-refractivity contribution in [2.75, 3.05) is 6.61 Å². The van der Waals surface area contributed by atoms with Gasteiger partial charge in [-0.1, -0.05) is 57.2 Å². The van der Waals surface area contributed by atoms with E-state index in [1.807, 2.05) is 51.1 Å². The molecule has 1 fully saturated rings. The Balaban J connectivity index is 2.21. The van der Waals surface area contributed by atoms with Gasteiger partial charge in [0.05, 0.1) is 0 Å². The zero-order valence-electron chi connectivity index (χ0n) is 12.0. The molecule has 2 rings (SSSR count). The number of carbonyl (C=O) groups excluding carboxylic acids is 2. The molecule has 1 aromatic rings. The summed E-state index contributed by atoms with van der Waals surface area (Å²) in [6.07, 6.45) is 2.66. The Hall–Kier alpha value is -2.10. The van der Waals surface area contributed by atoms with Gasteiger partial charge >= 0.3 is 6.09 Å². The quantitative estimate of drug-likeness (QED) is 0.777. The summed E-state index contributed by atoms with van der Waals surface area (Å²) >= 11 is 0. The number of carbonyl (C=O) groups is 2. The Morgan fingerprint density at radius 1 is 1.30 bits per heavy atom. The molecule has 1 aliphatic heterocycles. The van der Waals surface area contributed by atoms with E-state index in [9.17, 15) is 9.59 Å². The second kappa shape index (κ2) is 5.49. The zero-order chi connectivity index (χ0) is 14.8. The van der Waals surface area contributed by atoms with E-state index < -0.39 is 6.09 Å². The molecule has 0 bridgehead atoms. The van der Waals surface area contributed by atoms with Crippen LogP contribution in [0.3, 0.4) is 0 Å². The predicted octanol–water partition coefficient (Wildman–Crippen LogP) is 3.31. The number of allylic oxidation sites excluding steroid dienone is 1. The fourth-order valence-corrected chi connectivity index (χ4v) is 1.99. The van der Waals surface area contributed by atoms with Crippen LogP contribution in [0, 0.1) is 5.41 Å². The van der Waals surface area contributed by atoms with Crippen molar-refractivity contribution in [1.29, 1.82) is 0 Å². The number of benzene rings is 1. The zero-order valence-corrected chi connectivity index (χ0v) is 12.0. The van der Waals surface area contributed by atoms with E-state index in [0.717, 1.165) is 5.56 Å². The SMILES string of the molecule is CC(C)(C)/C=C/C(=O)N1C(=O)OC[C@@H]1c1ccccc1. The maximum atomic E-state index is 12.2. The molecule has 0 aliphatic carbocycles. The highest BCUT2D eigenvalue weighted by Gasteiger charge is 2.37. The summed E-state index contributed by atoms with van der Waals surface area (Å²) < 4.78 is 5.02. The van der Waals surface area contributed by atoms with Crippen LogP contribution in [0.5, 0.6) is 0 Å². The number of cyclic esters (lactones) is 1. The van der Waals surface area contributed by atoms with Gasteiger partial charge in [0.25, 0.3) is 5.91 Å². The molecule has 4 nitrogen and oxygen atoms in total. The average Bonchev–Trinajstić information content (AvgIpc) is 2.78. The summed E-state index contributed by atoms with van der Waals surface area (Å²) in [7, 11) is 0. The van der Waals surface area contributed by atoms with Crippen LogP contribution in [0.1, 0.15) is 32.4 Å². The fourth-order valence-electron chi connectivity index (χ4n) is 1.99. The first-order valence-electron chi connectivity index (χ1n) is 6.62. The standard InChI is InChI=1S/C16H19NO3/c1-16(2,3)10-9-14(18)17-13(11-20-15(17)19)12-7-5-4-6-8-12/h4-10,13H,11H2,1-3H3/b10-9+/t13-/m1/s1. The van der Waals surface area contributed by atoms with Crippen LogP contribution >= 0.6 is 0 Å². The lowest BCUT2D eigenvalue weighted by atomic mass is 9.96. The Morgan fingerprint density at radius 2 is 1.95 bits per heavy atom. The van der Waals surface area contributed by atoms with Crippen molar-refractivity contribution in [3.8, 4) is 0 Å². The molecular formula is C16H19NO3. The van der Waals surface area contributed by atoms with Crippen molar-refractivity contribution >= 4 is 12.0 Å². The monoisotopic (exact) mass is 273 g/mol. The molecule has 4 heteroatoms. The van der Waals surface area contributed by atoms with Gasteiger partial charge in [-0.05, 0) is 11.0 Å². The van der Waals surface area contributed by atoms with E-state index in [0.29, 0.717) is 0 Å². The lowest BCUT2D eigenvalue weighted by molar-refractivity contribution is -0.124. The first-order chi connectivity index (χ1) is 9.38. The number of hydrogen-bond donors (Lipinski definition) is 0. The van der Waals surface area contributed by atoms with Gasteiger partial charge in [0.15, 0.2) is 0 Å². The Bertz CT molecular complexity index is 528. The van der Waals surface area contributed by atoms with E-state index >= 15 is 0 Å². The maximum Gasteiger partial charge on any atom is 0.417 e. The van der Waals surface area contributed by atoms with Crippen LogP contribution in [0.4, 0.5) is 4.79 Å². The molecule has 1 aromatic carbocycles. The molecule has 2 amide bonds. The van der Waals surface area contributed by atoms with Gasteiger partial charge in [0.2, 0.25) is 0 Å². The molecule has 1 heterocycles. The van der Waals surface area contributed by atoms with E-state index in [1.165, 1.54) is 11.0 Å². The van der Waals surface area contributed by atoms with Crippen LogP contribution < -0.4 is 0 Å². The average molecular weight is 273 g/mol. The number of amides is 2. The molecular weight excluding hydrogens is 254 g/mol. The van der Waals surface area contributed by atoms with Crippen molar-refractivity contribution in [3.63, 3.8) is 0 Å². The highest BCUT2D eigenvalue weighted by atomic mass is 16.6. The molecule has 0 saturated carbocycles. The van der Waals surface area contributed by atoms with E-state index in [1.54, 1.807) is 6.08 Å². The molecule has 1 atom stereocenters. The van der Waals surface area contributed by atoms with Crippen LogP contribution in [0.25, 0.3) is 0 Å². The third-order valence-electron chi connectivity index (χ3n) is 3.02. The Morgan fingerprint density at radius 3 is 2.55 bits per heavy atom. The summed E-state index contributed by atoms with van der Waals surface area (Å²) in [6, 6.07) is 9.09. The lowest BCUT2D eigenvalue weighted by Gasteiger charge is -2.19. The number of imide groups is 1. The molecule has 1 saturated heterocycles. The molecule has 0 spiro atoms. The van der Waals surface area contributed by atoms with Crippen LogP contribution in [0.2, 0.25) is 0 Å². The highest BCUT2D eigenvalue weighted by Crippen LogP contribution is 2.28. The Labute approximate surface area is 119 Å². The largest absolute Gasteiger partial charge is 0.446 e. The minimum atomic E-state index is -0.581. The fraction of sp³-hybridized carbons (Fsp3) is 0.375. The summed E-state index contributed by atoms with van der Waals surface area (Å²) in [4.78, 5) is 25.2. The molecule has 0 N–H and O–H groups in total. The Kier molecular flexibility index (Phi) is 3.93. The van der Waals surface area contributed by atoms with E-state index in [-0.39, 0.29) is 24.0 Å². The first-order valence-corrected chi connectivity index (χ1v) is 6.62. The van der Waals surface area contributed by atoms with Crippen molar-refractivity contribution in [1.82, 2.24) is 4.90 Å². The van der Waals surface area contributed by atoms with Gasteiger partial charge in [-0.2, -0.15) is 0 Å². The molecule has 20 heavy (non-hydrogen) atoms. The number of rotatable bonds is 2. The second-order valence-corrected chi connectivity index (χ2v) is 5.91. The van der Waals surface area contributed by atoms with Gasteiger partial charge < -0.3 is 4.74 Å². The number of hydrogen-bond acceptors (Lipinski definition) is 3. The minimum absolute atomic E-state index is 0.110. The second-order valence-electron chi connectivity index (χ2n) is 5.91. The topological polar surface area (TPSA) is 46.6 Å². The van der Waals surface area contributed by atoms with Crippen LogP contribution in [-0.4, -0.2) is 23.5 Å². The summed E-state index contributed by atoms with van der Waals surface area (Å²) in [5.74, 6) is -0.337. The van der Waals surface area contributed by atoms with Gasteiger partial charge in [0, 0.05) is 6.08 Å². The summed E-state index contributed by atoms with van der Waals surface area (Å²) in [5.41, 5.74) is 0.789. The van der Waals surface area contributed by atoms with Crippen molar-refractivity contribution in [2.45, 2.75) is 26.8 Å². The van der Waals surface area contributed by atoms with Crippen LogP contribution in [0.15, 0.2) is 42.5 Å². The van der Waals surface area contributed by atoms with Gasteiger partial charge in [0.1, 0.15) is 12.6 Å². The van der Waals surface area contributed by atoms with Crippen molar-refractivity contribution in [2.24, 2.45) is 5.41 Å². The normalized spacial score (nSPS) is 19.4. The van der Waals surface area contributed by atoms with E-state index in [4.69, 9.17) is 4.74 Å². The van der Waals surface area contributed by atoms with Gasteiger partial charge in [-0.25, -0.2) is 9.69 Å². The first kappa shape index (κ1) is 14.3. The third-order valence-corrected chi connectivity index (χ3v) is 3.02. The van der Waals surface area contributed by atoms with Gasteiger partial charge in [-0.3, -0.25) is 4.79 Å². The molecule has 0 radical (unpaired) electrons. The molecule has 106 valence electrons. The van der Waals surface area contributed by atoms with Crippen LogP contribution in [-0.2, 0) is 9.53 Å². The van der Waals surface area contributed by atoms with Gasteiger partial charge in [-0.15, -0.1) is 0 Å². The molecule has 1 aliphatic rings. The third kappa shape index (κ3) is 3.26. The predicted molar refractivity (Wildman–Crippen MR) is 76.0 cm³/mol. The lowest BCUT2D eigenvalue weighted by Crippen LogP contribution is -2.33.